The van der Waals surface area contributed by atoms with Crippen LogP contribution in [0.3, 0.4) is 0 Å². The predicted molar refractivity (Wildman–Crippen MR) is 479 cm³/mol. The maximum absolute atomic E-state index is 13.0. The summed E-state index contributed by atoms with van der Waals surface area (Å²) in [6.45, 7) is 28.1. The first-order valence-electron chi connectivity index (χ1n) is 41.3. The molecule has 8 aromatic carbocycles. The van der Waals surface area contributed by atoms with E-state index < -0.39 is 36.3 Å². The number of nitrogens with one attached hydrogen (secondary N) is 3. The fourth-order valence-electron chi connectivity index (χ4n) is 14.7. The second kappa shape index (κ2) is 51.7. The van der Waals surface area contributed by atoms with Crippen molar-refractivity contribution in [3.8, 4) is 5.75 Å². The highest BCUT2D eigenvalue weighted by Gasteiger charge is 2.31. The molecule has 0 spiro atoms. The SMILES string of the molecule is CNC(CN1CCCC1)c1cccc(C)c1.CS(=O)(=O)O.CS(=O)(=O)[O-].CS(=O)(=O)[O-].Cc1ccc(CC(=O)N(C)C(CN2CCCC2)c2cccc(C)c2)cc1.Cc1ccc(CC(=O)N(C)C(C[NH+]2CCCC2)c2cccc(C)c2)cc1.Cc1ccc(CC(=O)N(C)C(C[NH+]2CCCC2)c2cccc(O)c2)cc1.Cc1ccc(CC(=O)O)cc1.[HH]. The summed E-state index contributed by atoms with van der Waals surface area (Å²) < 4.78 is 80.3. The van der Waals surface area contributed by atoms with Gasteiger partial charge < -0.3 is 58.9 Å². The Kier molecular flexibility index (Phi) is 43.7. The van der Waals surface area contributed by atoms with Crippen LogP contribution in [0.1, 0.15) is 160 Å². The second-order valence-electron chi connectivity index (χ2n) is 32.3. The van der Waals surface area contributed by atoms with Crippen molar-refractivity contribution in [1.29, 1.82) is 0 Å². The van der Waals surface area contributed by atoms with E-state index in [1.165, 1.54) is 133 Å². The van der Waals surface area contributed by atoms with Gasteiger partial charge in [-0.3, -0.25) is 23.7 Å². The van der Waals surface area contributed by atoms with Crippen LogP contribution in [0.5, 0.6) is 5.75 Å². The molecule has 658 valence electrons. The van der Waals surface area contributed by atoms with Crippen LogP contribution in [0.25, 0.3) is 0 Å². The molecule has 4 atom stereocenters. The minimum absolute atomic E-state index is 0. The van der Waals surface area contributed by atoms with E-state index in [0.717, 1.165) is 85.7 Å². The third kappa shape index (κ3) is 42.5. The number of likely N-dealkylation sites (N-methyl/N-ethyl adjacent to an activating group) is 4. The van der Waals surface area contributed by atoms with Gasteiger partial charge in [0.25, 0.3) is 10.1 Å². The van der Waals surface area contributed by atoms with Gasteiger partial charge in [-0.2, -0.15) is 8.42 Å². The van der Waals surface area contributed by atoms with Gasteiger partial charge in [0.2, 0.25) is 17.7 Å². The second-order valence-corrected chi connectivity index (χ2v) is 36.5. The molecule has 0 aliphatic carbocycles. The number of likely N-dealkylation sites (tertiary alicyclic amines) is 4. The van der Waals surface area contributed by atoms with Crippen molar-refractivity contribution in [1.82, 2.24) is 29.8 Å². The third-order valence-electron chi connectivity index (χ3n) is 21.2. The summed E-state index contributed by atoms with van der Waals surface area (Å²) >= 11 is 0. The number of aromatic hydroxyl groups is 1. The summed E-state index contributed by atoms with van der Waals surface area (Å²) in [5.74, 6) is -0.0449. The zero-order chi connectivity index (χ0) is 88.7. The lowest BCUT2D eigenvalue weighted by Crippen LogP contribution is -3.10. The Morgan fingerprint density at radius 2 is 0.675 bits per heavy atom. The predicted octanol–water partition coefficient (Wildman–Crippen LogP) is 11.0. The number of amides is 3. The van der Waals surface area contributed by atoms with Crippen LogP contribution < -0.4 is 15.1 Å². The lowest BCUT2D eigenvalue weighted by molar-refractivity contribution is -0.890. The molecule has 4 aliphatic rings. The molecule has 4 fully saturated rings. The molecular formula is C94H134N8O15S3. The molecule has 6 N–H and O–H groups in total. The number of hydrogen-bond donors (Lipinski definition) is 6. The Labute approximate surface area is 717 Å². The molecule has 26 heteroatoms. The number of quaternary nitrogens is 2. The number of carboxylic acids is 1. The first-order chi connectivity index (χ1) is 56.5. The van der Waals surface area contributed by atoms with Gasteiger partial charge in [0, 0.05) is 79.9 Å². The summed E-state index contributed by atoms with van der Waals surface area (Å²) in [5.41, 5.74) is 17.6. The standard InChI is InChI=1S/2C23H30N2O.C22H28N2O2.C14H22N2.C9H10O2.3CH4O3S.H2/c2*1-18-9-11-20(12-10-18)16-23(26)24(3)22(17-25-13-4-5-14-25)21-8-6-7-19(2)15-21;1-17-8-10-18(11-9-17)14-22(26)23(2)21(16-24-12-3-4-13-24)19-6-5-7-20(25)15-19;1-12-6-5-7-13(10-12)14(15-2)11-16-8-3-4-9-16;1-7-2-4-8(5-3-7)6-9(10)11;3*1-5(2,3)4;/h2*6-12,15,22H,4-5,13-14,16-17H2,1-3H3;5-11,15,21,25H,3-4,12-14,16H2,1-2H3;5-7,10,14-15H,3-4,8-9,11H2,1-2H3;2-5H,6H2,1H3,(H,10,11);3*1H3,(H,2,3,4);1H. The molecule has 3 amide bonds. The number of hydrogen-bond acceptors (Lipinski definition) is 16. The average molecular weight is 1710 g/mol. The summed E-state index contributed by atoms with van der Waals surface area (Å²) in [7, 11) is -3.62. The zero-order valence-electron chi connectivity index (χ0n) is 73.0. The number of carbonyl (C=O) groups is 4. The molecule has 120 heavy (non-hydrogen) atoms. The van der Waals surface area contributed by atoms with Gasteiger partial charge >= 0.3 is 5.97 Å². The molecule has 4 unspecified atom stereocenters. The number of nitrogens with zero attached hydrogens (tertiary/aromatic N) is 5. The first-order valence-corrected chi connectivity index (χ1v) is 46.8. The monoisotopic (exact) mass is 1710 g/mol. The number of aliphatic carboxylic acids is 1. The molecule has 0 aromatic heterocycles. The molecule has 4 saturated heterocycles. The topological polar surface area (TPSA) is 315 Å². The van der Waals surface area contributed by atoms with Gasteiger partial charge in [-0.05, 0) is 164 Å². The van der Waals surface area contributed by atoms with E-state index in [0.29, 0.717) is 44.1 Å². The van der Waals surface area contributed by atoms with Crippen LogP contribution in [0.4, 0.5) is 0 Å². The van der Waals surface area contributed by atoms with Crippen molar-refractivity contribution in [3.63, 3.8) is 0 Å². The number of carboxylic acid groups (broad SMARTS) is 1. The average Bonchev–Trinajstić information content (AvgIpc) is 1.25. The van der Waals surface area contributed by atoms with Gasteiger partial charge in [0.1, 0.15) is 30.9 Å². The summed E-state index contributed by atoms with van der Waals surface area (Å²) in [6.07, 6.45) is 13.7. The molecule has 0 radical (unpaired) electrons. The highest BCUT2D eigenvalue weighted by atomic mass is 32.2. The van der Waals surface area contributed by atoms with E-state index in [1.807, 2.05) is 103 Å². The summed E-state index contributed by atoms with van der Waals surface area (Å²) in [5, 5.41) is 21.8. The number of aryl methyl sites for hydroxylation is 7. The first kappa shape index (κ1) is 102. The van der Waals surface area contributed by atoms with Gasteiger partial charge in [0.05, 0.1) is 84.4 Å². The van der Waals surface area contributed by atoms with Crippen molar-refractivity contribution in [2.45, 2.75) is 150 Å². The van der Waals surface area contributed by atoms with Gasteiger partial charge in [-0.1, -0.05) is 221 Å². The van der Waals surface area contributed by atoms with Crippen molar-refractivity contribution < 1.29 is 79.5 Å². The number of phenolic OH excluding ortho intramolecular Hbond substituents is 1. The van der Waals surface area contributed by atoms with E-state index in [9.17, 15) is 32.7 Å². The van der Waals surface area contributed by atoms with Gasteiger partial charge in [-0.25, -0.2) is 16.8 Å². The number of carbonyl (C=O) groups excluding carboxylic acids is 3. The van der Waals surface area contributed by atoms with Crippen molar-refractivity contribution in [2.24, 2.45) is 0 Å². The number of benzene rings is 8. The molecule has 0 saturated carbocycles. The highest BCUT2D eigenvalue weighted by Crippen LogP contribution is 2.28. The van der Waals surface area contributed by atoms with E-state index >= 15 is 0 Å². The minimum atomic E-state index is -3.92. The van der Waals surface area contributed by atoms with Crippen LogP contribution in [-0.4, -0.2) is 223 Å². The summed E-state index contributed by atoms with van der Waals surface area (Å²) in [6, 6.07) is 66.3. The Bertz CT molecular complexity index is 4370. The van der Waals surface area contributed by atoms with Gasteiger partial charge in [0.15, 0.2) is 0 Å². The van der Waals surface area contributed by atoms with E-state index in [2.05, 4.69) is 185 Å². The molecule has 4 aliphatic heterocycles. The fourth-order valence-corrected chi connectivity index (χ4v) is 14.7. The van der Waals surface area contributed by atoms with Crippen molar-refractivity contribution in [2.75, 3.05) is 125 Å². The maximum atomic E-state index is 13.0. The molecule has 23 nitrogen and oxygen atoms in total. The van der Waals surface area contributed by atoms with Crippen LogP contribution in [0.2, 0.25) is 0 Å². The van der Waals surface area contributed by atoms with Crippen LogP contribution in [-0.2, 0) is 75.2 Å². The normalized spacial score (nSPS) is 15.1. The molecule has 4 heterocycles. The Hall–Kier alpha value is -9.03. The van der Waals surface area contributed by atoms with Crippen LogP contribution in [0, 0.1) is 48.5 Å². The van der Waals surface area contributed by atoms with Crippen molar-refractivity contribution >= 4 is 54.0 Å². The largest absolute Gasteiger partial charge is 0.748 e. The Balaban J connectivity index is 0.000000310. The quantitative estimate of drug-likeness (QED) is 0.0306. The lowest BCUT2D eigenvalue weighted by Gasteiger charge is -2.32. The maximum Gasteiger partial charge on any atom is 0.307 e. The van der Waals surface area contributed by atoms with Gasteiger partial charge in [-0.15, -0.1) is 0 Å². The smallest absolute Gasteiger partial charge is 0.307 e. The van der Waals surface area contributed by atoms with E-state index in [4.69, 9.17) is 35.6 Å². The minimum Gasteiger partial charge on any atom is -0.748 e. The highest BCUT2D eigenvalue weighted by molar-refractivity contribution is 7.85. The Morgan fingerprint density at radius 3 is 0.975 bits per heavy atom. The third-order valence-corrected chi connectivity index (χ3v) is 21.2. The number of phenols is 1. The summed E-state index contributed by atoms with van der Waals surface area (Å²) in [4.78, 5) is 63.1. The molecular weight excluding hydrogens is 1580 g/mol. The van der Waals surface area contributed by atoms with Crippen molar-refractivity contribution in [3.05, 3.63) is 278 Å². The van der Waals surface area contributed by atoms with Crippen LogP contribution in [0.15, 0.2) is 194 Å². The van der Waals surface area contributed by atoms with E-state index in [1.54, 1.807) is 17.0 Å². The molecule has 0 bridgehead atoms. The lowest BCUT2D eigenvalue weighted by atomic mass is 10.0. The van der Waals surface area contributed by atoms with Crippen LogP contribution >= 0.6 is 0 Å². The fraction of sp³-hybridized carbons (Fsp3) is 0.447. The molecule has 12 rings (SSSR count). The van der Waals surface area contributed by atoms with E-state index in [-0.39, 0.29) is 49.4 Å². The Morgan fingerprint density at radius 1 is 0.408 bits per heavy atom. The number of rotatable bonds is 24. The molecule has 8 aromatic rings. The zero-order valence-corrected chi connectivity index (χ0v) is 75.4.